The van der Waals surface area contributed by atoms with Crippen molar-refractivity contribution in [3.05, 3.63) is 35.9 Å². The van der Waals surface area contributed by atoms with Gasteiger partial charge in [0.15, 0.2) is 0 Å². The second-order valence-corrected chi connectivity index (χ2v) is 2.94. The SMILES string of the molecule is O=C(C(CBr)=NO)c1ccccc1. The number of carbonyl (C=O) groups excluding carboxylic acids is 1. The van der Waals surface area contributed by atoms with Crippen LogP contribution in [0.5, 0.6) is 0 Å². The van der Waals surface area contributed by atoms with Gasteiger partial charge in [0.25, 0.3) is 0 Å². The zero-order valence-electron chi connectivity index (χ0n) is 6.77. The summed E-state index contributed by atoms with van der Waals surface area (Å²) < 4.78 is 0. The summed E-state index contributed by atoms with van der Waals surface area (Å²) in [6, 6.07) is 8.69. The number of hydrogen-bond donors (Lipinski definition) is 1. The smallest absolute Gasteiger partial charge is 0.211 e. The molecule has 0 atom stereocenters. The van der Waals surface area contributed by atoms with Crippen molar-refractivity contribution in [2.24, 2.45) is 5.16 Å². The minimum Gasteiger partial charge on any atom is -0.411 e. The number of alkyl halides is 1. The summed E-state index contributed by atoms with van der Waals surface area (Å²) in [4.78, 5) is 11.5. The summed E-state index contributed by atoms with van der Waals surface area (Å²) in [7, 11) is 0. The number of halogens is 1. The second kappa shape index (κ2) is 4.77. The highest BCUT2D eigenvalue weighted by molar-refractivity contribution is 9.09. The number of oxime groups is 1. The van der Waals surface area contributed by atoms with Crippen LogP contribution in [0.1, 0.15) is 10.4 Å². The quantitative estimate of drug-likeness (QED) is 0.290. The Morgan fingerprint density at radius 3 is 2.46 bits per heavy atom. The zero-order valence-corrected chi connectivity index (χ0v) is 8.36. The lowest BCUT2D eigenvalue weighted by molar-refractivity contribution is 0.106. The number of nitrogens with zero attached hydrogens (tertiary/aromatic N) is 1. The van der Waals surface area contributed by atoms with E-state index in [0.717, 1.165) is 0 Å². The third-order valence-corrected chi connectivity index (χ3v) is 2.08. The van der Waals surface area contributed by atoms with Crippen molar-refractivity contribution in [3.63, 3.8) is 0 Å². The fourth-order valence-corrected chi connectivity index (χ4v) is 1.26. The van der Waals surface area contributed by atoms with Crippen molar-refractivity contribution in [3.8, 4) is 0 Å². The van der Waals surface area contributed by atoms with Crippen LogP contribution in [0.25, 0.3) is 0 Å². The number of carbonyl (C=O) groups is 1. The molecule has 0 saturated heterocycles. The van der Waals surface area contributed by atoms with Gasteiger partial charge < -0.3 is 5.21 Å². The van der Waals surface area contributed by atoms with Gasteiger partial charge in [0.1, 0.15) is 5.71 Å². The van der Waals surface area contributed by atoms with Crippen LogP contribution in [0.15, 0.2) is 35.5 Å². The van der Waals surface area contributed by atoms with Gasteiger partial charge in [-0.3, -0.25) is 4.79 Å². The summed E-state index contributed by atoms with van der Waals surface area (Å²) in [5.41, 5.74) is 0.626. The Balaban J connectivity index is 2.92. The first-order valence-electron chi connectivity index (χ1n) is 3.66. The van der Waals surface area contributed by atoms with Crippen molar-refractivity contribution in [2.75, 3.05) is 5.33 Å². The molecule has 0 fully saturated rings. The first-order valence-corrected chi connectivity index (χ1v) is 4.78. The summed E-state index contributed by atoms with van der Waals surface area (Å²) in [5.74, 6) is -0.264. The summed E-state index contributed by atoms with van der Waals surface area (Å²) in [5, 5.41) is 11.6. The molecular weight excluding hydrogens is 234 g/mol. The molecule has 0 unspecified atom stereocenters. The number of hydrogen-bond acceptors (Lipinski definition) is 3. The Hall–Kier alpha value is -1.16. The third-order valence-electron chi connectivity index (χ3n) is 1.55. The summed E-state index contributed by atoms with van der Waals surface area (Å²) in [6.07, 6.45) is 0. The average molecular weight is 242 g/mol. The van der Waals surface area contributed by atoms with Crippen LogP contribution in [-0.4, -0.2) is 22.0 Å². The van der Waals surface area contributed by atoms with Gasteiger partial charge in [-0.05, 0) is 0 Å². The van der Waals surface area contributed by atoms with E-state index in [0.29, 0.717) is 5.56 Å². The minimum absolute atomic E-state index is 0.103. The fourth-order valence-electron chi connectivity index (χ4n) is 0.889. The topological polar surface area (TPSA) is 49.7 Å². The van der Waals surface area contributed by atoms with Gasteiger partial charge in [0.2, 0.25) is 5.78 Å². The molecule has 0 saturated carbocycles. The Bertz CT molecular complexity index is 322. The molecule has 0 aliphatic rings. The molecular formula is C9H8BrNO2. The number of Topliss-reactive ketones (excluding diaryl/α,β-unsaturated/α-hetero) is 1. The summed E-state index contributed by atoms with van der Waals surface area (Å²) >= 11 is 3.06. The van der Waals surface area contributed by atoms with Crippen molar-refractivity contribution < 1.29 is 10.0 Å². The largest absolute Gasteiger partial charge is 0.411 e. The van der Waals surface area contributed by atoms with Crippen molar-refractivity contribution >= 4 is 27.4 Å². The standard InChI is InChI=1S/C9H8BrNO2/c10-6-8(11-13)9(12)7-4-2-1-3-5-7/h1-5,13H,6H2. The minimum atomic E-state index is -0.264. The maximum absolute atomic E-state index is 11.5. The maximum atomic E-state index is 11.5. The molecule has 1 aromatic carbocycles. The highest BCUT2D eigenvalue weighted by Crippen LogP contribution is 2.02. The molecule has 0 heterocycles. The Morgan fingerprint density at radius 1 is 1.38 bits per heavy atom. The Morgan fingerprint density at radius 2 is 2.00 bits per heavy atom. The fraction of sp³-hybridized carbons (Fsp3) is 0.111. The Kier molecular flexibility index (Phi) is 3.64. The van der Waals surface area contributed by atoms with Gasteiger partial charge in [-0.15, -0.1) is 0 Å². The molecule has 13 heavy (non-hydrogen) atoms. The van der Waals surface area contributed by atoms with E-state index >= 15 is 0 Å². The first kappa shape index (κ1) is 9.92. The number of ketones is 1. The van der Waals surface area contributed by atoms with E-state index in [2.05, 4.69) is 21.1 Å². The van der Waals surface area contributed by atoms with Gasteiger partial charge in [-0.1, -0.05) is 51.4 Å². The second-order valence-electron chi connectivity index (χ2n) is 2.38. The van der Waals surface area contributed by atoms with E-state index in [1.54, 1.807) is 24.3 Å². The molecule has 4 heteroatoms. The highest BCUT2D eigenvalue weighted by Gasteiger charge is 2.12. The molecule has 0 bridgehead atoms. The molecule has 1 N–H and O–H groups in total. The van der Waals surface area contributed by atoms with Crippen molar-refractivity contribution in [2.45, 2.75) is 0 Å². The lowest BCUT2D eigenvalue weighted by Gasteiger charge is -1.98. The lowest BCUT2D eigenvalue weighted by Crippen LogP contribution is -2.15. The molecule has 68 valence electrons. The van der Waals surface area contributed by atoms with E-state index in [4.69, 9.17) is 5.21 Å². The van der Waals surface area contributed by atoms with Crippen LogP contribution >= 0.6 is 15.9 Å². The van der Waals surface area contributed by atoms with Crippen LogP contribution < -0.4 is 0 Å². The number of benzene rings is 1. The first-order chi connectivity index (χ1) is 6.29. The van der Waals surface area contributed by atoms with Crippen LogP contribution in [0.3, 0.4) is 0 Å². The molecule has 0 amide bonds. The third kappa shape index (κ3) is 2.39. The van der Waals surface area contributed by atoms with Crippen LogP contribution in [-0.2, 0) is 0 Å². The summed E-state index contributed by atoms with van der Waals surface area (Å²) in [6.45, 7) is 0. The number of rotatable bonds is 3. The molecule has 0 spiro atoms. The van der Waals surface area contributed by atoms with Crippen LogP contribution in [0, 0.1) is 0 Å². The Labute approximate surface area is 84.2 Å². The molecule has 1 rings (SSSR count). The van der Waals surface area contributed by atoms with Crippen LogP contribution in [0.4, 0.5) is 0 Å². The van der Waals surface area contributed by atoms with Gasteiger partial charge in [-0.2, -0.15) is 0 Å². The monoisotopic (exact) mass is 241 g/mol. The van der Waals surface area contributed by atoms with Crippen LogP contribution in [0.2, 0.25) is 0 Å². The van der Waals surface area contributed by atoms with Gasteiger partial charge >= 0.3 is 0 Å². The van der Waals surface area contributed by atoms with Gasteiger partial charge in [0.05, 0.1) is 5.33 Å². The van der Waals surface area contributed by atoms with Gasteiger partial charge in [-0.25, -0.2) is 0 Å². The van der Waals surface area contributed by atoms with Crippen molar-refractivity contribution in [1.29, 1.82) is 0 Å². The van der Waals surface area contributed by atoms with Gasteiger partial charge in [0, 0.05) is 5.56 Å². The molecule has 0 aliphatic carbocycles. The maximum Gasteiger partial charge on any atom is 0.211 e. The molecule has 0 radical (unpaired) electrons. The molecule has 0 aliphatic heterocycles. The highest BCUT2D eigenvalue weighted by atomic mass is 79.9. The molecule has 0 aromatic heterocycles. The molecule has 1 aromatic rings. The van der Waals surface area contributed by atoms with E-state index in [-0.39, 0.29) is 16.8 Å². The van der Waals surface area contributed by atoms with E-state index in [1.807, 2.05) is 6.07 Å². The molecule has 3 nitrogen and oxygen atoms in total. The predicted molar refractivity (Wildman–Crippen MR) is 53.8 cm³/mol. The van der Waals surface area contributed by atoms with Crippen molar-refractivity contribution in [1.82, 2.24) is 0 Å². The van der Waals surface area contributed by atoms with E-state index < -0.39 is 0 Å². The van der Waals surface area contributed by atoms with E-state index in [9.17, 15) is 4.79 Å². The zero-order chi connectivity index (χ0) is 9.68. The average Bonchev–Trinajstić information content (AvgIpc) is 2.21. The van der Waals surface area contributed by atoms with E-state index in [1.165, 1.54) is 0 Å². The predicted octanol–water partition coefficient (Wildman–Crippen LogP) is 2.09. The lowest BCUT2D eigenvalue weighted by atomic mass is 10.1. The normalized spacial score (nSPS) is 11.3.